The number of fused-ring (bicyclic) bond motifs is 12. The molecule has 0 spiro atoms. The van der Waals surface area contributed by atoms with Gasteiger partial charge in [0.25, 0.3) is 5.92 Å². The van der Waals surface area contributed by atoms with Crippen molar-refractivity contribution in [1.29, 1.82) is 0 Å². The van der Waals surface area contributed by atoms with Crippen LogP contribution >= 0.6 is 46.4 Å². The van der Waals surface area contributed by atoms with Crippen LogP contribution in [0, 0.1) is 6.92 Å². The number of benzene rings is 4. The number of β-amino-alcohol motifs (C(OH)–C–C–N with tert-alkyl or cyclic N) is 1. The lowest BCUT2D eigenvalue weighted by molar-refractivity contribution is -0.154. The van der Waals surface area contributed by atoms with Crippen LogP contribution in [0.25, 0.3) is 87.2 Å². The van der Waals surface area contributed by atoms with E-state index in [2.05, 4.69) is 66.5 Å². The normalized spacial score (nSPS) is 22.5. The van der Waals surface area contributed by atoms with Crippen LogP contribution in [0.5, 0.6) is 0 Å². The average molecular weight is 2060 g/mol. The number of morpholine rings is 4. The van der Waals surface area contributed by atoms with Crippen molar-refractivity contribution in [3.8, 4) is 0 Å². The minimum absolute atomic E-state index is 0.00612. The highest BCUT2D eigenvalue weighted by Gasteiger charge is 2.47. The topological polar surface area (TPSA) is 429 Å². The summed E-state index contributed by atoms with van der Waals surface area (Å²) in [7, 11) is 0. The lowest BCUT2D eigenvalue weighted by Gasteiger charge is -2.43. The van der Waals surface area contributed by atoms with Gasteiger partial charge in [-0.1, -0.05) is 46.4 Å². The minimum Gasteiger partial charge on any atom is -0.390 e. The van der Waals surface area contributed by atoms with Crippen molar-refractivity contribution in [3.05, 3.63) is 142 Å². The van der Waals surface area contributed by atoms with E-state index in [1.165, 1.54) is 4.90 Å². The summed E-state index contributed by atoms with van der Waals surface area (Å²) in [5.41, 5.74) is 5.88. The molecule has 0 radical (unpaired) electrons. The fourth-order valence-corrected chi connectivity index (χ4v) is 21.4. The number of H-pyrrole nitrogens is 4. The Hall–Kier alpha value is -11.3. The third-order valence-corrected chi connectivity index (χ3v) is 29.0. The molecule has 8 aliphatic rings. The molecule has 20 rings (SSSR count). The number of carbonyl (C=O) groups is 9. The van der Waals surface area contributed by atoms with Gasteiger partial charge in [0, 0.05) is 185 Å². The molecule has 8 aromatic heterocycles. The van der Waals surface area contributed by atoms with Gasteiger partial charge in [-0.3, -0.25) is 82.7 Å². The summed E-state index contributed by atoms with van der Waals surface area (Å²) in [4.78, 5) is 160. The van der Waals surface area contributed by atoms with Crippen molar-refractivity contribution >= 4 is 209 Å². The van der Waals surface area contributed by atoms with Gasteiger partial charge in [-0.15, -0.1) is 0 Å². The molecule has 144 heavy (non-hydrogen) atoms. The zero-order chi connectivity index (χ0) is 103. The zero-order valence-corrected chi connectivity index (χ0v) is 85.4. The summed E-state index contributed by atoms with van der Waals surface area (Å²) < 4.78 is 50.9. The fourth-order valence-electron chi connectivity index (χ4n) is 20.5. The minimum atomic E-state index is -2.73. The van der Waals surface area contributed by atoms with Crippen molar-refractivity contribution in [2.75, 3.05) is 139 Å². The maximum absolute atomic E-state index is 13.6. The third-order valence-electron chi connectivity index (χ3n) is 28.2. The van der Waals surface area contributed by atoms with E-state index >= 15 is 0 Å². The van der Waals surface area contributed by atoms with E-state index in [0.29, 0.717) is 146 Å². The van der Waals surface area contributed by atoms with E-state index in [0.717, 1.165) is 87.3 Å². The Morgan fingerprint density at radius 2 is 0.715 bits per heavy atom. The Labute approximate surface area is 849 Å². The van der Waals surface area contributed by atoms with Crippen LogP contribution in [-0.2, 0) is 62.1 Å². The number of nitrogens with one attached hydrogen (secondary N) is 9. The number of hydrogen-bond donors (Lipinski definition) is 11. The second-order valence-corrected chi connectivity index (χ2v) is 43.9. The summed E-state index contributed by atoms with van der Waals surface area (Å²) in [6.45, 7) is 25.2. The first-order chi connectivity index (χ1) is 68.1. The Bertz CT molecular complexity index is 6730. The monoisotopic (exact) mass is 2060 g/mol. The van der Waals surface area contributed by atoms with Gasteiger partial charge >= 0.3 is 0 Å². The predicted octanol–water partition coefficient (Wildman–Crippen LogP) is 13.7. The van der Waals surface area contributed by atoms with Crippen LogP contribution < -0.4 is 26.6 Å². The van der Waals surface area contributed by atoms with Gasteiger partial charge < -0.3 is 90.4 Å². The number of aliphatic hydroxyl groups is 2. The molecule has 5 atom stereocenters. The van der Waals surface area contributed by atoms with Gasteiger partial charge in [0.1, 0.15) is 30.0 Å². The molecular weight excluding hydrogens is 1940 g/mol. The Morgan fingerprint density at radius 1 is 0.403 bits per heavy atom. The third kappa shape index (κ3) is 24.3. The number of halogens is 6. The number of Topliss-reactive ketones (excluding diaryl/α,β-unsaturated/α-hetero) is 1. The van der Waals surface area contributed by atoms with Gasteiger partial charge in [-0.2, -0.15) is 0 Å². The van der Waals surface area contributed by atoms with Crippen molar-refractivity contribution in [3.63, 3.8) is 0 Å². The first kappa shape index (κ1) is 104. The predicted molar refractivity (Wildman–Crippen MR) is 550 cm³/mol. The van der Waals surface area contributed by atoms with Gasteiger partial charge in [0.05, 0.1) is 178 Å². The van der Waals surface area contributed by atoms with Gasteiger partial charge in [0.15, 0.2) is 0 Å². The summed E-state index contributed by atoms with van der Waals surface area (Å²) >= 11 is 25.6. The van der Waals surface area contributed by atoms with Gasteiger partial charge in [0.2, 0.25) is 47.3 Å². The van der Waals surface area contributed by atoms with Crippen LogP contribution in [-0.4, -0.2) is 325 Å². The molecule has 12 aromatic rings. The fraction of sp³-hybridized carbons (Fsp3) is 0.485. The number of carbonyl (C=O) groups excluding carboxylic acids is 9. The second kappa shape index (κ2) is 41.9. The standard InChI is InChI=1S/C27H32ClN5O4.C26H32ClN5O4.C25H28ClF2N5O3.C25H30ClN5O4/c1-15-10-29-11-21-24(15)19-8-16(28)9-20(25(19)31-21)32-26(36)22-13-37-27(2,3)14-33(22)12-23(35)30-17-4-6-18(34)7-5-17;1-25(2)15-32(13-22(33)31-8-5-26(3,35)6-9-31)21(14-36-25)24(34)30-19-11-16(27)10-18-17-4-7-28-12-20(17)29-23(18)19;1-24(2)14-33(12-21(34)32-7-4-25(27,28)5-8-32)20(13-36-24)23(35)31-18-10-15(26)9-17-16-3-6-29-11-19(16)30-22(17)18;1-24(2)13-31(11-21(32)30-7-5-25(3,34)14-30)20(12-35-24)23(33)29-18-9-15(26)8-17-16-4-6-27-10-19(16)28-22(17)18/h8-11,17,22,31H,4-7,12-14H2,1-3H3,(H,30,35)(H,32,36);4,7,10-12,21,29,35H,5-6,8-9,13-15H2,1-3H3,(H,30,34);3,6,9-11,20,30H,4-5,7-8,12-14H2,1-2H3,(H,31,35);4,6,8-10,20,28,34H,5,7,11-14H2,1-3H3,(H,29,33)/t22-;21-;20-;20-,25?/m0000/s1. The Balaban J connectivity index is 0.000000132. The van der Waals surface area contributed by atoms with Crippen LogP contribution in [0.3, 0.4) is 0 Å². The number of ether oxygens (including phenoxy) is 4. The molecular formula is C103H122Cl4F2N20O15. The van der Waals surface area contributed by atoms with Crippen molar-refractivity contribution in [1.82, 2.24) is 79.5 Å². The number of pyridine rings is 4. The number of nitrogens with zero attached hydrogens (tertiary/aromatic N) is 11. The number of aromatic amines is 4. The van der Waals surface area contributed by atoms with Crippen LogP contribution in [0.15, 0.2) is 116 Å². The largest absolute Gasteiger partial charge is 0.390 e. The SMILES string of the molecule is CC1(C)CN(CC(=O)N2CCC(F)(F)CC2)[C@H](C(=O)Nc2cc(Cl)cc3c2[nH]c2cnccc23)CO1.CC1(O)CCN(C(=O)CN2CC(C)(C)OC[C@H]2C(=O)Nc2cc(Cl)cc3c2[nH]c2cnccc23)C1.CC1(O)CCN(C(=O)CN2CC(C)(C)OC[C@H]2C(=O)Nc2cc(Cl)cc3c2[nH]c2cnccc23)CC1.Cc1cncc2[nH]c3c(NC(=O)[C@@H]4COC(C)(C)CN4CC(=O)NC4CCC(=O)CC4)cc(Cl)cc3c12. The lowest BCUT2D eigenvalue weighted by Crippen LogP contribution is -2.60. The molecule has 8 fully saturated rings. The lowest BCUT2D eigenvalue weighted by atomic mass is 9.94. The van der Waals surface area contributed by atoms with E-state index in [1.807, 2.05) is 119 Å². The number of aromatic nitrogens is 8. The quantitative estimate of drug-likeness (QED) is 0.0403. The smallest absolute Gasteiger partial charge is 0.251 e. The van der Waals surface area contributed by atoms with Crippen LogP contribution in [0.2, 0.25) is 20.1 Å². The van der Waals surface area contributed by atoms with Gasteiger partial charge in [-0.05, 0) is 181 Å². The van der Waals surface area contributed by atoms with Crippen LogP contribution in [0.4, 0.5) is 31.5 Å². The van der Waals surface area contributed by atoms with E-state index in [9.17, 15) is 62.1 Å². The molecule has 41 heteroatoms. The number of rotatable bonds is 17. The average Bonchev–Trinajstić information content (AvgIpc) is 1.47. The molecule has 7 saturated heterocycles. The summed E-state index contributed by atoms with van der Waals surface area (Å²) in [5, 5.41) is 44.9. The number of alkyl halides is 2. The van der Waals surface area contributed by atoms with Crippen molar-refractivity contribution in [2.45, 2.75) is 204 Å². The van der Waals surface area contributed by atoms with E-state index in [-0.39, 0.29) is 138 Å². The number of piperidine rings is 2. The highest BCUT2D eigenvalue weighted by Crippen LogP contribution is 2.42. The van der Waals surface area contributed by atoms with Gasteiger partial charge in [-0.25, -0.2) is 8.78 Å². The maximum Gasteiger partial charge on any atom is 0.251 e. The number of anilines is 4. The number of aryl methyl sites for hydroxylation is 1. The molecule has 4 aromatic carbocycles. The molecule has 7 aliphatic heterocycles. The van der Waals surface area contributed by atoms with E-state index < -0.39 is 63.7 Å². The maximum atomic E-state index is 13.6. The summed E-state index contributed by atoms with van der Waals surface area (Å²) in [6.07, 6.45) is 17.1. The van der Waals surface area contributed by atoms with E-state index in [1.54, 1.807) is 102 Å². The van der Waals surface area contributed by atoms with E-state index in [4.69, 9.17) is 65.4 Å². The molecule has 15 heterocycles. The number of amides is 8. The molecule has 1 aliphatic carbocycles. The highest BCUT2D eigenvalue weighted by atomic mass is 35.5. The Kier molecular flexibility index (Phi) is 30.3. The first-order valence-electron chi connectivity index (χ1n) is 48.6. The molecule has 1 unspecified atom stereocenters. The zero-order valence-electron chi connectivity index (χ0n) is 82.3. The molecule has 766 valence electrons. The molecule has 35 nitrogen and oxygen atoms in total. The number of likely N-dealkylation sites (tertiary alicyclic amines) is 3. The summed E-state index contributed by atoms with van der Waals surface area (Å²) in [6, 6.07) is 17.2. The molecule has 0 bridgehead atoms. The molecule has 8 amide bonds. The first-order valence-corrected chi connectivity index (χ1v) is 50.1. The number of ketones is 1. The van der Waals surface area contributed by atoms with Crippen molar-refractivity contribution in [2.24, 2.45) is 0 Å². The molecule has 11 N–H and O–H groups in total. The molecule has 1 saturated carbocycles. The number of hydrogen-bond acceptors (Lipinski definition) is 23. The van der Waals surface area contributed by atoms with Crippen molar-refractivity contribution < 1.29 is 81.1 Å². The summed E-state index contributed by atoms with van der Waals surface area (Å²) in [5.74, 6) is -4.22. The Morgan fingerprint density at radius 3 is 1.08 bits per heavy atom. The second-order valence-electron chi connectivity index (χ2n) is 42.1. The van der Waals surface area contributed by atoms with Crippen LogP contribution in [0.1, 0.15) is 133 Å². The highest BCUT2D eigenvalue weighted by molar-refractivity contribution is 6.35.